The highest BCUT2D eigenvalue weighted by Crippen LogP contribution is 2.41. The summed E-state index contributed by atoms with van der Waals surface area (Å²) >= 11 is 1.39. The number of carboxylic acid groups (broad SMARTS) is 1. The predicted octanol–water partition coefficient (Wildman–Crippen LogP) is 2.96. The molecule has 7 nitrogen and oxygen atoms in total. The van der Waals surface area contributed by atoms with Crippen molar-refractivity contribution in [1.29, 1.82) is 0 Å². The molecule has 0 radical (unpaired) electrons. The average Bonchev–Trinajstić information content (AvgIpc) is 3.36. The Morgan fingerprint density at radius 3 is 2.90 bits per heavy atom. The number of fused-ring (bicyclic) bond motifs is 2. The summed E-state index contributed by atoms with van der Waals surface area (Å²) in [5.41, 5.74) is 3.20. The summed E-state index contributed by atoms with van der Waals surface area (Å²) in [4.78, 5) is 28.7. The van der Waals surface area contributed by atoms with Crippen LogP contribution in [0.5, 0.6) is 11.5 Å². The fourth-order valence-corrected chi connectivity index (χ4v) is 5.09. The Kier molecular flexibility index (Phi) is 4.28. The van der Waals surface area contributed by atoms with Crippen LogP contribution in [0.1, 0.15) is 17.2 Å². The van der Waals surface area contributed by atoms with E-state index in [4.69, 9.17) is 9.47 Å². The molecule has 4 heterocycles. The Hall–Kier alpha value is -3.26. The number of nitrogens with zero attached hydrogens (tertiary/aromatic N) is 2. The molecule has 0 saturated carbocycles. The average molecular weight is 408 g/mol. The van der Waals surface area contributed by atoms with E-state index in [1.807, 2.05) is 30.3 Å². The third-order valence-electron chi connectivity index (χ3n) is 5.05. The summed E-state index contributed by atoms with van der Waals surface area (Å²) in [5.74, 6) is 0.712. The molecule has 5 rings (SSSR count). The first-order valence-electron chi connectivity index (χ1n) is 9.05. The van der Waals surface area contributed by atoms with Gasteiger partial charge >= 0.3 is 5.97 Å². The maximum absolute atomic E-state index is 12.8. The number of pyridine rings is 2. The first-order valence-corrected chi connectivity index (χ1v) is 10.0. The van der Waals surface area contributed by atoms with Crippen molar-refractivity contribution in [3.63, 3.8) is 0 Å². The van der Waals surface area contributed by atoms with Gasteiger partial charge in [-0.3, -0.25) is 14.3 Å². The molecule has 0 saturated heterocycles. The van der Waals surface area contributed by atoms with Crippen molar-refractivity contribution in [3.05, 3.63) is 70.3 Å². The van der Waals surface area contributed by atoms with Gasteiger partial charge in [0.05, 0.1) is 5.03 Å². The molecule has 1 N–H and O–H groups in total. The van der Waals surface area contributed by atoms with E-state index in [1.165, 1.54) is 22.4 Å². The zero-order valence-corrected chi connectivity index (χ0v) is 16.0. The number of benzene rings is 1. The molecule has 2 aliphatic heterocycles. The number of thioether (sulfide) groups is 1. The van der Waals surface area contributed by atoms with Gasteiger partial charge in [-0.15, -0.1) is 11.8 Å². The lowest BCUT2D eigenvalue weighted by Gasteiger charge is -2.16. The van der Waals surface area contributed by atoms with Crippen LogP contribution in [-0.2, 0) is 11.2 Å². The monoisotopic (exact) mass is 408 g/mol. The lowest BCUT2D eigenvalue weighted by molar-refractivity contribution is -0.140. The van der Waals surface area contributed by atoms with Gasteiger partial charge in [0, 0.05) is 35.3 Å². The highest BCUT2D eigenvalue weighted by atomic mass is 32.2. The molecule has 0 aliphatic carbocycles. The van der Waals surface area contributed by atoms with Crippen LogP contribution < -0.4 is 15.0 Å². The Morgan fingerprint density at radius 1 is 1.24 bits per heavy atom. The number of carbonyl (C=O) groups is 1. The molecule has 2 aromatic heterocycles. The van der Waals surface area contributed by atoms with Crippen molar-refractivity contribution in [2.24, 2.45) is 0 Å². The van der Waals surface area contributed by atoms with Crippen LogP contribution in [0.2, 0.25) is 0 Å². The lowest BCUT2D eigenvalue weighted by Crippen LogP contribution is -2.29. The predicted molar refractivity (Wildman–Crippen MR) is 107 cm³/mol. The van der Waals surface area contributed by atoms with Gasteiger partial charge < -0.3 is 14.6 Å². The summed E-state index contributed by atoms with van der Waals surface area (Å²) in [5, 5.41) is 10.2. The topological polar surface area (TPSA) is 90.7 Å². The van der Waals surface area contributed by atoms with Crippen molar-refractivity contribution in [2.75, 3.05) is 12.5 Å². The van der Waals surface area contributed by atoms with E-state index in [0.29, 0.717) is 28.7 Å². The number of hydrogen-bond acceptors (Lipinski definition) is 6. The second-order valence-corrected chi connectivity index (χ2v) is 7.84. The fourth-order valence-electron chi connectivity index (χ4n) is 3.73. The van der Waals surface area contributed by atoms with Gasteiger partial charge in [0.1, 0.15) is 6.04 Å². The molecule has 8 heteroatoms. The Morgan fingerprint density at radius 2 is 2.10 bits per heavy atom. The molecule has 146 valence electrons. The van der Waals surface area contributed by atoms with Gasteiger partial charge in [0.2, 0.25) is 6.79 Å². The zero-order chi connectivity index (χ0) is 20.0. The van der Waals surface area contributed by atoms with E-state index in [1.54, 1.807) is 12.4 Å². The summed E-state index contributed by atoms with van der Waals surface area (Å²) in [6.45, 7) is 0.202. The van der Waals surface area contributed by atoms with Crippen LogP contribution in [0.25, 0.3) is 11.1 Å². The van der Waals surface area contributed by atoms with Gasteiger partial charge in [0.25, 0.3) is 5.56 Å². The van der Waals surface area contributed by atoms with Gasteiger partial charge in [-0.1, -0.05) is 12.1 Å². The first kappa shape index (κ1) is 17.8. The number of ether oxygens (including phenoxy) is 2. The third-order valence-corrected chi connectivity index (χ3v) is 6.20. The highest BCUT2D eigenvalue weighted by molar-refractivity contribution is 7.99. The highest BCUT2D eigenvalue weighted by Gasteiger charge is 2.33. The Labute approximate surface area is 169 Å². The van der Waals surface area contributed by atoms with E-state index in [0.717, 1.165) is 22.3 Å². The number of aromatic nitrogens is 2. The lowest BCUT2D eigenvalue weighted by atomic mass is 9.97. The maximum atomic E-state index is 12.8. The van der Waals surface area contributed by atoms with Crippen molar-refractivity contribution < 1.29 is 19.4 Å². The van der Waals surface area contributed by atoms with Crippen LogP contribution in [0.3, 0.4) is 0 Å². The van der Waals surface area contributed by atoms with Gasteiger partial charge in [0.15, 0.2) is 11.5 Å². The molecule has 29 heavy (non-hydrogen) atoms. The van der Waals surface area contributed by atoms with Crippen molar-refractivity contribution in [2.45, 2.75) is 17.5 Å². The van der Waals surface area contributed by atoms with E-state index >= 15 is 0 Å². The number of carboxylic acids is 1. The van der Waals surface area contributed by atoms with E-state index in [9.17, 15) is 14.7 Å². The molecular weight excluding hydrogens is 392 g/mol. The van der Waals surface area contributed by atoms with E-state index in [-0.39, 0.29) is 12.4 Å². The van der Waals surface area contributed by atoms with Crippen LogP contribution in [0.15, 0.2) is 58.6 Å². The van der Waals surface area contributed by atoms with E-state index in [2.05, 4.69) is 4.98 Å². The second-order valence-electron chi connectivity index (χ2n) is 6.83. The smallest absolute Gasteiger partial charge is 0.327 e. The van der Waals surface area contributed by atoms with Crippen molar-refractivity contribution in [1.82, 2.24) is 9.55 Å². The van der Waals surface area contributed by atoms with Gasteiger partial charge in [-0.25, -0.2) is 4.79 Å². The van der Waals surface area contributed by atoms with Gasteiger partial charge in [-0.05, 0) is 35.7 Å². The summed E-state index contributed by atoms with van der Waals surface area (Å²) < 4.78 is 12.2. The SMILES string of the molecule is O=C(O)[C@@H]1CSc2c(-c3cccnc3)c(Cc3ccc4c(c3)OCO4)cc(=O)n21. The van der Waals surface area contributed by atoms with Crippen molar-refractivity contribution >= 4 is 17.7 Å². The normalized spacial score (nSPS) is 16.6. The minimum absolute atomic E-state index is 0.202. The molecule has 1 aromatic carbocycles. The van der Waals surface area contributed by atoms with Gasteiger partial charge in [-0.2, -0.15) is 0 Å². The molecule has 0 bridgehead atoms. The molecular formula is C21H16N2O5S. The summed E-state index contributed by atoms with van der Waals surface area (Å²) in [6, 6.07) is 10.1. The minimum Gasteiger partial charge on any atom is -0.480 e. The molecule has 0 unspecified atom stereocenters. The third kappa shape index (κ3) is 3.05. The van der Waals surface area contributed by atoms with Crippen molar-refractivity contribution in [3.8, 4) is 22.6 Å². The Bertz CT molecular complexity index is 1180. The molecule has 0 spiro atoms. The molecule has 2 aliphatic rings. The maximum Gasteiger partial charge on any atom is 0.327 e. The standard InChI is InChI=1S/C21H16N2O5S/c24-18-8-14(6-12-3-4-16-17(7-12)28-11-27-16)19(13-2-1-5-22-9-13)20-23(18)15(10-29-20)21(25)26/h1-5,7-9,15H,6,10-11H2,(H,25,26)/t15-/m0/s1. The fraction of sp³-hybridized carbons (Fsp3) is 0.190. The van der Waals surface area contributed by atoms with Crippen LogP contribution in [0.4, 0.5) is 0 Å². The molecule has 1 atom stereocenters. The number of hydrogen-bond donors (Lipinski definition) is 1. The Balaban J connectivity index is 1.66. The second kappa shape index (κ2) is 6.97. The quantitative estimate of drug-likeness (QED) is 0.710. The molecule has 0 fully saturated rings. The van der Waals surface area contributed by atoms with Crippen LogP contribution in [0, 0.1) is 0 Å². The van der Waals surface area contributed by atoms with Crippen LogP contribution in [-0.4, -0.2) is 33.2 Å². The molecule has 3 aromatic rings. The summed E-state index contributed by atoms with van der Waals surface area (Å²) in [7, 11) is 0. The number of rotatable bonds is 4. The first-order chi connectivity index (χ1) is 14.1. The largest absolute Gasteiger partial charge is 0.480 e. The minimum atomic E-state index is -1.00. The summed E-state index contributed by atoms with van der Waals surface area (Å²) in [6.07, 6.45) is 3.92. The molecule has 0 amide bonds. The van der Waals surface area contributed by atoms with Crippen LogP contribution >= 0.6 is 11.8 Å². The van der Waals surface area contributed by atoms with E-state index < -0.39 is 12.0 Å². The zero-order valence-electron chi connectivity index (χ0n) is 15.2. The number of aliphatic carboxylic acids is 1.